The van der Waals surface area contributed by atoms with Gasteiger partial charge in [0, 0.05) is 28.8 Å². The first-order valence-electron chi connectivity index (χ1n) is 6.45. The molecule has 0 bridgehead atoms. The normalized spacial score (nSPS) is 21.8. The molecule has 0 aliphatic carbocycles. The summed E-state index contributed by atoms with van der Waals surface area (Å²) in [6.07, 6.45) is -0.173. The van der Waals surface area contributed by atoms with Crippen LogP contribution in [0, 0.1) is 0 Å². The lowest BCUT2D eigenvalue weighted by atomic mass is 10.0. The first kappa shape index (κ1) is 15.7. The van der Waals surface area contributed by atoms with Crippen molar-refractivity contribution in [2.45, 2.75) is 25.6 Å². The summed E-state index contributed by atoms with van der Waals surface area (Å²) in [5.74, 6) is 0. The minimum atomic E-state index is -0.292. The Morgan fingerprint density at radius 1 is 1.60 bits per heavy atom. The summed E-state index contributed by atoms with van der Waals surface area (Å²) in [6, 6.07) is 5.91. The third-order valence-electron chi connectivity index (χ3n) is 3.27. The zero-order valence-electron chi connectivity index (χ0n) is 11.6. The number of hydrogen-bond acceptors (Lipinski definition) is 4. The fraction of sp³-hybridized carbons (Fsp3) is 0.500. The number of halogens is 1. The van der Waals surface area contributed by atoms with Crippen molar-refractivity contribution in [2.75, 3.05) is 24.6 Å². The van der Waals surface area contributed by atoms with Crippen molar-refractivity contribution in [3.63, 3.8) is 0 Å². The highest BCUT2D eigenvalue weighted by atomic mass is 79.9. The third kappa shape index (κ3) is 3.49. The molecule has 0 amide bonds. The van der Waals surface area contributed by atoms with Gasteiger partial charge in [-0.1, -0.05) is 12.2 Å². The Kier molecular flexibility index (Phi) is 4.69. The maximum Gasteiger partial charge on any atom is 0.105 e. The second-order valence-electron chi connectivity index (χ2n) is 5.59. The molecule has 2 rings (SSSR count). The van der Waals surface area contributed by atoms with Gasteiger partial charge in [-0.25, -0.2) is 0 Å². The van der Waals surface area contributed by atoms with Crippen molar-refractivity contribution in [3.05, 3.63) is 28.2 Å². The number of benzene rings is 1. The number of anilines is 1. The molecule has 0 radical (unpaired) electrons. The Bertz CT molecular complexity index is 522. The SMILES string of the molecule is CC1(C)CN(c2ccc(C(N)=S)c(Br)c2)CC(CO)O1. The molecule has 1 fully saturated rings. The van der Waals surface area contributed by atoms with Crippen LogP contribution in [0.4, 0.5) is 5.69 Å². The van der Waals surface area contributed by atoms with Gasteiger partial charge in [-0.05, 0) is 48.0 Å². The minimum absolute atomic E-state index is 0.0199. The molecule has 1 aliphatic rings. The number of thiocarbonyl (C=S) groups is 1. The smallest absolute Gasteiger partial charge is 0.105 e. The van der Waals surface area contributed by atoms with E-state index in [0.29, 0.717) is 11.5 Å². The van der Waals surface area contributed by atoms with Gasteiger partial charge in [-0.15, -0.1) is 0 Å². The lowest BCUT2D eigenvalue weighted by molar-refractivity contribution is -0.101. The minimum Gasteiger partial charge on any atom is -0.394 e. The number of ether oxygens (including phenoxy) is 1. The van der Waals surface area contributed by atoms with Gasteiger partial charge in [0.2, 0.25) is 0 Å². The van der Waals surface area contributed by atoms with Crippen molar-refractivity contribution < 1.29 is 9.84 Å². The molecule has 20 heavy (non-hydrogen) atoms. The van der Waals surface area contributed by atoms with E-state index < -0.39 is 0 Å². The van der Waals surface area contributed by atoms with E-state index >= 15 is 0 Å². The number of rotatable bonds is 3. The standard InChI is InChI=1S/C14H19BrN2O2S/c1-14(2)8-17(6-10(7-18)19-14)9-3-4-11(13(16)20)12(15)5-9/h3-5,10,18H,6-8H2,1-2H3,(H2,16,20). The van der Waals surface area contributed by atoms with E-state index in [1.165, 1.54) is 0 Å². The summed E-state index contributed by atoms with van der Waals surface area (Å²) in [5, 5.41) is 9.36. The van der Waals surface area contributed by atoms with Gasteiger partial charge in [0.05, 0.1) is 18.3 Å². The van der Waals surface area contributed by atoms with Crippen molar-refractivity contribution >= 4 is 38.8 Å². The fourth-order valence-electron chi connectivity index (χ4n) is 2.49. The van der Waals surface area contributed by atoms with Crippen LogP contribution in [0.25, 0.3) is 0 Å². The summed E-state index contributed by atoms with van der Waals surface area (Å²) in [7, 11) is 0. The number of nitrogens with zero attached hydrogens (tertiary/aromatic N) is 1. The van der Waals surface area contributed by atoms with E-state index in [9.17, 15) is 5.11 Å². The predicted octanol–water partition coefficient (Wildman–Crippen LogP) is 2.06. The summed E-state index contributed by atoms with van der Waals surface area (Å²) >= 11 is 8.50. The number of aliphatic hydroxyl groups is 1. The van der Waals surface area contributed by atoms with Crippen molar-refractivity contribution in [3.8, 4) is 0 Å². The zero-order chi connectivity index (χ0) is 14.9. The van der Waals surface area contributed by atoms with E-state index in [2.05, 4.69) is 20.8 Å². The van der Waals surface area contributed by atoms with Crippen LogP contribution in [0.3, 0.4) is 0 Å². The number of aliphatic hydroxyl groups excluding tert-OH is 1. The van der Waals surface area contributed by atoms with Crippen LogP contribution in [-0.4, -0.2) is 41.5 Å². The topological polar surface area (TPSA) is 58.7 Å². The second kappa shape index (κ2) is 5.97. The van der Waals surface area contributed by atoms with E-state index in [-0.39, 0.29) is 18.3 Å². The molecule has 1 aromatic rings. The summed E-state index contributed by atoms with van der Waals surface area (Å²) in [4.78, 5) is 2.58. The lowest BCUT2D eigenvalue weighted by Crippen LogP contribution is -2.54. The molecule has 0 saturated carbocycles. The first-order chi connectivity index (χ1) is 9.32. The fourth-order valence-corrected chi connectivity index (χ4v) is 3.38. The Morgan fingerprint density at radius 3 is 2.85 bits per heavy atom. The zero-order valence-corrected chi connectivity index (χ0v) is 14.0. The van der Waals surface area contributed by atoms with Gasteiger partial charge in [-0.3, -0.25) is 0 Å². The Labute approximate surface area is 133 Å². The van der Waals surface area contributed by atoms with Gasteiger partial charge < -0.3 is 20.5 Å². The van der Waals surface area contributed by atoms with E-state index in [0.717, 1.165) is 22.3 Å². The number of nitrogens with two attached hydrogens (primary N) is 1. The van der Waals surface area contributed by atoms with Gasteiger partial charge in [0.15, 0.2) is 0 Å². The molecular formula is C14H19BrN2O2S. The average molecular weight is 359 g/mol. The molecule has 1 aromatic carbocycles. The van der Waals surface area contributed by atoms with Crippen LogP contribution in [0.15, 0.2) is 22.7 Å². The highest BCUT2D eigenvalue weighted by Crippen LogP contribution is 2.29. The maximum absolute atomic E-state index is 9.36. The quantitative estimate of drug-likeness (QED) is 0.810. The Hall–Kier alpha value is -0.690. The third-order valence-corrected chi connectivity index (χ3v) is 4.14. The largest absolute Gasteiger partial charge is 0.394 e. The highest BCUT2D eigenvalue weighted by Gasteiger charge is 2.33. The monoisotopic (exact) mass is 358 g/mol. The average Bonchev–Trinajstić information content (AvgIpc) is 2.36. The van der Waals surface area contributed by atoms with E-state index in [1.807, 2.05) is 32.0 Å². The number of morpholine rings is 1. The highest BCUT2D eigenvalue weighted by molar-refractivity contribution is 9.10. The van der Waals surface area contributed by atoms with Crippen molar-refractivity contribution in [1.82, 2.24) is 0 Å². The second-order valence-corrected chi connectivity index (χ2v) is 6.89. The molecule has 1 atom stereocenters. The molecule has 0 aromatic heterocycles. The van der Waals surface area contributed by atoms with Crippen LogP contribution in [-0.2, 0) is 4.74 Å². The Morgan fingerprint density at radius 2 is 2.30 bits per heavy atom. The molecule has 1 saturated heterocycles. The molecule has 1 aliphatic heterocycles. The molecule has 110 valence electrons. The van der Waals surface area contributed by atoms with Crippen molar-refractivity contribution in [1.29, 1.82) is 0 Å². The first-order valence-corrected chi connectivity index (χ1v) is 7.65. The molecule has 6 heteroatoms. The number of hydrogen-bond donors (Lipinski definition) is 2. The molecule has 0 spiro atoms. The van der Waals surface area contributed by atoms with Crippen molar-refractivity contribution in [2.24, 2.45) is 5.73 Å². The molecular weight excluding hydrogens is 340 g/mol. The van der Waals surface area contributed by atoms with Gasteiger partial charge >= 0.3 is 0 Å². The van der Waals surface area contributed by atoms with Gasteiger partial charge in [-0.2, -0.15) is 0 Å². The van der Waals surface area contributed by atoms with Crippen LogP contribution in [0.1, 0.15) is 19.4 Å². The van der Waals surface area contributed by atoms with Crippen LogP contribution in [0.2, 0.25) is 0 Å². The Balaban J connectivity index is 2.26. The summed E-state index contributed by atoms with van der Waals surface area (Å²) < 4.78 is 6.70. The predicted molar refractivity (Wildman–Crippen MR) is 88.3 cm³/mol. The van der Waals surface area contributed by atoms with Crippen LogP contribution >= 0.6 is 28.1 Å². The lowest BCUT2D eigenvalue weighted by Gasteiger charge is -2.43. The maximum atomic E-state index is 9.36. The molecule has 4 nitrogen and oxygen atoms in total. The summed E-state index contributed by atoms with van der Waals surface area (Å²) in [5.41, 5.74) is 7.26. The molecule has 1 heterocycles. The molecule has 3 N–H and O–H groups in total. The van der Waals surface area contributed by atoms with E-state index in [1.54, 1.807) is 0 Å². The van der Waals surface area contributed by atoms with Crippen LogP contribution in [0.5, 0.6) is 0 Å². The summed E-state index contributed by atoms with van der Waals surface area (Å²) in [6.45, 7) is 5.51. The van der Waals surface area contributed by atoms with Gasteiger partial charge in [0.25, 0.3) is 0 Å². The van der Waals surface area contributed by atoms with Gasteiger partial charge in [0.1, 0.15) is 4.99 Å². The molecule has 1 unspecified atom stereocenters. The van der Waals surface area contributed by atoms with Crippen LogP contribution < -0.4 is 10.6 Å². The van der Waals surface area contributed by atoms with E-state index in [4.69, 9.17) is 22.7 Å².